The van der Waals surface area contributed by atoms with Crippen molar-refractivity contribution in [3.63, 3.8) is 0 Å². The molecule has 90 valence electrons. The summed E-state index contributed by atoms with van der Waals surface area (Å²) in [6, 6.07) is 5.43. The first-order valence-electron chi connectivity index (χ1n) is 4.99. The lowest BCUT2D eigenvalue weighted by molar-refractivity contribution is 0.505. The summed E-state index contributed by atoms with van der Waals surface area (Å²) < 4.78 is 26.8. The molecule has 1 heterocycles. The number of hydrogen-bond donors (Lipinski definition) is 1. The Morgan fingerprint density at radius 3 is 2.59 bits per heavy atom. The lowest BCUT2D eigenvalue weighted by atomic mass is 10.0. The van der Waals surface area contributed by atoms with E-state index in [1.165, 1.54) is 6.07 Å². The zero-order valence-corrected chi connectivity index (χ0v) is 11.2. The van der Waals surface area contributed by atoms with Crippen LogP contribution in [0.4, 0.5) is 8.78 Å². The van der Waals surface area contributed by atoms with E-state index in [2.05, 4.69) is 15.9 Å². The maximum Gasteiger partial charge on any atom is 0.159 e. The molecule has 0 saturated heterocycles. The first-order valence-corrected chi connectivity index (χ1v) is 6.67. The SMILES string of the molecule is NC(Cc1cc(Br)cs1)c1ccc(F)c(F)c1. The Hall–Kier alpha value is -0.780. The van der Waals surface area contributed by atoms with Gasteiger partial charge in [0.15, 0.2) is 11.6 Å². The quantitative estimate of drug-likeness (QED) is 0.908. The standard InChI is InChI=1S/C12H10BrF2NS/c13-8-4-9(17-6-8)5-12(16)7-1-2-10(14)11(15)3-7/h1-4,6,12H,5,16H2. The number of benzene rings is 1. The van der Waals surface area contributed by atoms with Crippen molar-refractivity contribution in [2.75, 3.05) is 0 Å². The van der Waals surface area contributed by atoms with Gasteiger partial charge in [-0.05, 0) is 39.7 Å². The average molecular weight is 318 g/mol. The van der Waals surface area contributed by atoms with Gasteiger partial charge in [-0.3, -0.25) is 0 Å². The molecule has 1 nitrogen and oxygen atoms in total. The maximum absolute atomic E-state index is 13.0. The predicted octanol–water partition coefficient (Wildman–Crippen LogP) is 4.03. The van der Waals surface area contributed by atoms with Gasteiger partial charge in [-0.2, -0.15) is 0 Å². The van der Waals surface area contributed by atoms with Crippen LogP contribution in [0.2, 0.25) is 0 Å². The Morgan fingerprint density at radius 1 is 1.24 bits per heavy atom. The molecule has 0 spiro atoms. The highest BCUT2D eigenvalue weighted by Gasteiger charge is 2.11. The van der Waals surface area contributed by atoms with Crippen molar-refractivity contribution in [3.05, 3.63) is 56.2 Å². The van der Waals surface area contributed by atoms with E-state index in [0.717, 1.165) is 21.5 Å². The van der Waals surface area contributed by atoms with Gasteiger partial charge in [0.1, 0.15) is 0 Å². The van der Waals surface area contributed by atoms with E-state index in [0.29, 0.717) is 12.0 Å². The van der Waals surface area contributed by atoms with E-state index < -0.39 is 11.6 Å². The fraction of sp³-hybridized carbons (Fsp3) is 0.167. The minimum Gasteiger partial charge on any atom is -0.324 e. The van der Waals surface area contributed by atoms with Gasteiger partial charge in [-0.25, -0.2) is 8.78 Å². The van der Waals surface area contributed by atoms with Gasteiger partial charge in [0.2, 0.25) is 0 Å². The van der Waals surface area contributed by atoms with Crippen molar-refractivity contribution in [1.29, 1.82) is 0 Å². The number of rotatable bonds is 3. The fourth-order valence-electron chi connectivity index (χ4n) is 1.54. The molecule has 5 heteroatoms. The molecule has 2 rings (SSSR count). The van der Waals surface area contributed by atoms with Crippen molar-refractivity contribution >= 4 is 27.3 Å². The molecule has 0 fully saturated rings. The van der Waals surface area contributed by atoms with Gasteiger partial charge in [-0.1, -0.05) is 6.07 Å². The second-order valence-corrected chi connectivity index (χ2v) is 5.63. The van der Waals surface area contributed by atoms with Crippen molar-refractivity contribution in [1.82, 2.24) is 0 Å². The molecular weight excluding hydrogens is 308 g/mol. The van der Waals surface area contributed by atoms with Crippen LogP contribution in [-0.2, 0) is 6.42 Å². The van der Waals surface area contributed by atoms with Gasteiger partial charge in [0, 0.05) is 27.2 Å². The van der Waals surface area contributed by atoms with E-state index in [1.807, 2.05) is 11.4 Å². The van der Waals surface area contributed by atoms with Gasteiger partial charge in [0.25, 0.3) is 0 Å². The lowest BCUT2D eigenvalue weighted by Gasteiger charge is -2.10. The summed E-state index contributed by atoms with van der Waals surface area (Å²) in [5.41, 5.74) is 6.56. The summed E-state index contributed by atoms with van der Waals surface area (Å²) >= 11 is 4.94. The zero-order chi connectivity index (χ0) is 12.4. The minimum absolute atomic E-state index is 0.323. The maximum atomic E-state index is 13.0. The molecule has 1 unspecified atom stereocenters. The molecule has 0 amide bonds. The molecule has 2 N–H and O–H groups in total. The second kappa shape index (κ2) is 5.25. The predicted molar refractivity (Wildman–Crippen MR) is 69.0 cm³/mol. The van der Waals surface area contributed by atoms with E-state index in [4.69, 9.17) is 5.73 Å². The highest BCUT2D eigenvalue weighted by atomic mass is 79.9. The average Bonchev–Trinajstić information content (AvgIpc) is 2.68. The van der Waals surface area contributed by atoms with Crippen LogP contribution >= 0.6 is 27.3 Å². The second-order valence-electron chi connectivity index (χ2n) is 3.72. The van der Waals surface area contributed by atoms with Gasteiger partial charge < -0.3 is 5.73 Å². The number of halogens is 3. The summed E-state index contributed by atoms with van der Waals surface area (Å²) in [5.74, 6) is -1.70. The first kappa shape index (κ1) is 12.7. The largest absolute Gasteiger partial charge is 0.324 e. The molecule has 17 heavy (non-hydrogen) atoms. The van der Waals surface area contributed by atoms with E-state index in [9.17, 15) is 8.78 Å². The smallest absolute Gasteiger partial charge is 0.159 e. The van der Waals surface area contributed by atoms with Gasteiger partial charge >= 0.3 is 0 Å². The third-order valence-corrected chi connectivity index (χ3v) is 4.13. The third-order valence-electron chi connectivity index (χ3n) is 2.41. The van der Waals surface area contributed by atoms with Gasteiger partial charge in [-0.15, -0.1) is 11.3 Å². The highest BCUT2D eigenvalue weighted by molar-refractivity contribution is 9.10. The van der Waals surface area contributed by atoms with Crippen molar-refractivity contribution in [3.8, 4) is 0 Å². The van der Waals surface area contributed by atoms with Crippen LogP contribution in [0, 0.1) is 11.6 Å². The lowest BCUT2D eigenvalue weighted by Crippen LogP contribution is -2.13. The number of nitrogens with two attached hydrogens (primary N) is 1. The normalized spacial score (nSPS) is 12.7. The van der Waals surface area contributed by atoms with Crippen molar-refractivity contribution in [2.45, 2.75) is 12.5 Å². The van der Waals surface area contributed by atoms with Crippen molar-refractivity contribution < 1.29 is 8.78 Å². The highest BCUT2D eigenvalue weighted by Crippen LogP contribution is 2.25. The summed E-state index contributed by atoms with van der Waals surface area (Å²) in [5, 5.41) is 1.97. The summed E-state index contributed by atoms with van der Waals surface area (Å²) in [6.45, 7) is 0. The molecule has 0 radical (unpaired) electrons. The van der Waals surface area contributed by atoms with Gasteiger partial charge in [0.05, 0.1) is 0 Å². The third kappa shape index (κ3) is 3.12. The molecule has 2 aromatic rings. The van der Waals surface area contributed by atoms with Crippen LogP contribution in [0.25, 0.3) is 0 Å². The molecular formula is C12H10BrF2NS. The molecule has 1 aromatic heterocycles. The van der Waals surface area contributed by atoms with E-state index in [-0.39, 0.29) is 6.04 Å². The monoisotopic (exact) mass is 317 g/mol. The first-order chi connectivity index (χ1) is 8.06. The summed E-state index contributed by atoms with van der Waals surface area (Å²) in [4.78, 5) is 1.11. The molecule has 1 atom stereocenters. The molecule has 1 aromatic carbocycles. The molecule has 0 aliphatic carbocycles. The van der Waals surface area contributed by atoms with Crippen LogP contribution in [0.15, 0.2) is 34.1 Å². The Balaban J connectivity index is 2.14. The molecule has 0 aliphatic heterocycles. The number of hydrogen-bond acceptors (Lipinski definition) is 2. The van der Waals surface area contributed by atoms with Crippen LogP contribution < -0.4 is 5.73 Å². The Kier molecular flexibility index (Phi) is 3.91. The zero-order valence-electron chi connectivity index (χ0n) is 8.79. The van der Waals surface area contributed by atoms with Crippen LogP contribution in [-0.4, -0.2) is 0 Å². The Labute approximate surface area is 110 Å². The van der Waals surface area contributed by atoms with E-state index >= 15 is 0 Å². The number of thiophene rings is 1. The minimum atomic E-state index is -0.856. The molecule has 0 aliphatic rings. The van der Waals surface area contributed by atoms with Crippen LogP contribution in [0.5, 0.6) is 0 Å². The molecule has 0 saturated carbocycles. The van der Waals surface area contributed by atoms with Crippen LogP contribution in [0.3, 0.4) is 0 Å². The molecule has 0 bridgehead atoms. The van der Waals surface area contributed by atoms with Crippen molar-refractivity contribution in [2.24, 2.45) is 5.73 Å². The summed E-state index contributed by atoms with van der Waals surface area (Å²) in [6.07, 6.45) is 0.612. The van der Waals surface area contributed by atoms with E-state index in [1.54, 1.807) is 11.3 Å². The fourth-order valence-corrected chi connectivity index (χ4v) is 3.05. The Morgan fingerprint density at radius 2 is 2.00 bits per heavy atom. The summed E-state index contributed by atoms with van der Waals surface area (Å²) in [7, 11) is 0. The van der Waals surface area contributed by atoms with Crippen LogP contribution in [0.1, 0.15) is 16.5 Å². The topological polar surface area (TPSA) is 26.0 Å². The Bertz CT molecular complexity index is 527.